The number of hydrogen-bond donors (Lipinski definition) is 0. The molecule has 0 aliphatic carbocycles. The van der Waals surface area contributed by atoms with Crippen LogP contribution < -0.4 is 0 Å². The normalized spacial score (nSPS) is 11.7. The van der Waals surface area contributed by atoms with E-state index in [0.29, 0.717) is 13.2 Å². The third kappa shape index (κ3) is 8.48. The van der Waals surface area contributed by atoms with E-state index >= 15 is 0 Å². The predicted octanol–water partition coefficient (Wildman–Crippen LogP) is 3.01. The van der Waals surface area contributed by atoms with E-state index in [1.807, 2.05) is 0 Å². The lowest BCUT2D eigenvalue weighted by Gasteiger charge is -2.07. The zero-order chi connectivity index (χ0) is 16.1. The van der Waals surface area contributed by atoms with Crippen LogP contribution in [0.25, 0.3) is 0 Å². The van der Waals surface area contributed by atoms with Crippen molar-refractivity contribution < 1.29 is 22.1 Å². The Morgan fingerprint density at radius 3 is 2.14 bits per heavy atom. The maximum absolute atomic E-state index is 11.8. The van der Waals surface area contributed by atoms with Crippen LogP contribution in [-0.4, -0.2) is 41.5 Å². The number of hydrogen-bond acceptors (Lipinski definition) is 5. The number of ether oxygens (including phenoxy) is 2. The molecule has 0 amide bonds. The Hall–Kier alpha value is -0.950. The maximum atomic E-state index is 11.8. The zero-order valence-electron chi connectivity index (χ0n) is 13.2. The summed E-state index contributed by atoms with van der Waals surface area (Å²) in [5.41, 5.74) is 0. The monoisotopic (exact) mass is 330 g/mol. The van der Waals surface area contributed by atoms with Gasteiger partial charge in [-0.25, -0.2) is 0 Å². The molecule has 0 saturated carbocycles. The van der Waals surface area contributed by atoms with Gasteiger partial charge in [0.1, 0.15) is 0 Å². The molecule has 0 unspecified atom stereocenters. The van der Waals surface area contributed by atoms with Gasteiger partial charge in [0.05, 0.1) is 31.3 Å². The quantitative estimate of drug-likeness (QED) is 0.411. The highest BCUT2D eigenvalue weighted by Crippen LogP contribution is 2.10. The minimum atomic E-state index is -3.68. The second-order valence-electron chi connectivity index (χ2n) is 4.87. The summed E-state index contributed by atoms with van der Waals surface area (Å²) in [7, 11) is -3.68. The van der Waals surface area contributed by atoms with Gasteiger partial charge in [0.15, 0.2) is 0 Å². The summed E-state index contributed by atoms with van der Waals surface area (Å²) in [4.78, 5) is 0.158. The lowest BCUT2D eigenvalue weighted by atomic mass is 10.2. The Morgan fingerprint density at radius 2 is 1.45 bits per heavy atom. The third-order valence-electron chi connectivity index (χ3n) is 3.01. The second-order valence-corrected chi connectivity index (χ2v) is 6.49. The van der Waals surface area contributed by atoms with Crippen molar-refractivity contribution in [2.45, 2.75) is 37.5 Å². The molecule has 0 aromatic heterocycles. The molecule has 126 valence electrons. The van der Waals surface area contributed by atoms with Crippen LogP contribution in [0.15, 0.2) is 35.2 Å². The molecule has 22 heavy (non-hydrogen) atoms. The summed E-state index contributed by atoms with van der Waals surface area (Å²) in [6.45, 7) is 4.13. The fraction of sp³-hybridized carbons (Fsp3) is 0.625. The third-order valence-corrected chi connectivity index (χ3v) is 4.34. The van der Waals surface area contributed by atoms with E-state index in [-0.39, 0.29) is 18.1 Å². The summed E-state index contributed by atoms with van der Waals surface area (Å²) >= 11 is 0. The van der Waals surface area contributed by atoms with Gasteiger partial charge in [-0.3, -0.25) is 4.18 Å². The van der Waals surface area contributed by atoms with Gasteiger partial charge in [-0.05, 0) is 18.6 Å². The predicted molar refractivity (Wildman–Crippen MR) is 85.4 cm³/mol. The van der Waals surface area contributed by atoms with E-state index in [4.69, 9.17) is 13.7 Å². The number of benzene rings is 1. The highest BCUT2D eigenvalue weighted by Gasteiger charge is 2.13. The van der Waals surface area contributed by atoms with Gasteiger partial charge >= 0.3 is 0 Å². The van der Waals surface area contributed by atoms with E-state index < -0.39 is 10.1 Å². The van der Waals surface area contributed by atoms with Crippen molar-refractivity contribution in [2.75, 3.05) is 33.0 Å². The molecule has 0 saturated heterocycles. The second kappa shape index (κ2) is 11.6. The van der Waals surface area contributed by atoms with Crippen molar-refractivity contribution in [2.24, 2.45) is 0 Å². The Balaban J connectivity index is 1.99. The van der Waals surface area contributed by atoms with Gasteiger partial charge in [-0.2, -0.15) is 8.42 Å². The SMILES string of the molecule is CCCCCCOCCOCCOS(=O)(=O)c1ccccc1. The fourth-order valence-electron chi connectivity index (χ4n) is 1.81. The molecule has 0 heterocycles. The minimum Gasteiger partial charge on any atom is -0.379 e. The molecule has 6 heteroatoms. The van der Waals surface area contributed by atoms with Crippen molar-refractivity contribution in [1.82, 2.24) is 0 Å². The van der Waals surface area contributed by atoms with E-state index in [0.717, 1.165) is 13.0 Å². The largest absolute Gasteiger partial charge is 0.379 e. The molecule has 5 nitrogen and oxygen atoms in total. The minimum absolute atomic E-state index is 0.00767. The Kier molecular flexibility index (Phi) is 10.1. The van der Waals surface area contributed by atoms with E-state index in [9.17, 15) is 8.42 Å². The average molecular weight is 330 g/mol. The van der Waals surface area contributed by atoms with E-state index in [2.05, 4.69) is 6.92 Å². The van der Waals surface area contributed by atoms with Crippen molar-refractivity contribution in [3.05, 3.63) is 30.3 Å². The summed E-state index contributed by atoms with van der Waals surface area (Å²) in [5, 5.41) is 0. The summed E-state index contributed by atoms with van der Waals surface area (Å²) in [5.74, 6) is 0. The van der Waals surface area contributed by atoms with Gasteiger partial charge in [0, 0.05) is 6.61 Å². The molecular weight excluding hydrogens is 304 g/mol. The zero-order valence-corrected chi connectivity index (χ0v) is 14.0. The first-order chi connectivity index (χ1) is 10.7. The topological polar surface area (TPSA) is 61.8 Å². The lowest BCUT2D eigenvalue weighted by Crippen LogP contribution is -2.13. The highest BCUT2D eigenvalue weighted by atomic mass is 32.2. The standard InChI is InChI=1S/C16H26O5S/c1-2-3-4-8-11-19-12-13-20-14-15-21-22(17,18)16-9-6-5-7-10-16/h5-7,9-10H,2-4,8,11-15H2,1H3. The number of unbranched alkanes of at least 4 members (excludes halogenated alkanes) is 3. The molecule has 1 rings (SSSR count). The Labute approximate surface area is 133 Å². The van der Waals surface area contributed by atoms with Crippen LogP contribution in [0.1, 0.15) is 32.6 Å². The molecule has 0 bridgehead atoms. The van der Waals surface area contributed by atoms with Crippen LogP contribution >= 0.6 is 0 Å². The van der Waals surface area contributed by atoms with Crippen molar-refractivity contribution in [3.8, 4) is 0 Å². The van der Waals surface area contributed by atoms with Crippen LogP contribution in [-0.2, 0) is 23.8 Å². The Bertz CT molecular complexity index is 473. The summed E-state index contributed by atoms with van der Waals surface area (Å²) in [6, 6.07) is 8.07. The van der Waals surface area contributed by atoms with Gasteiger partial charge in [0.2, 0.25) is 0 Å². The van der Waals surface area contributed by atoms with Crippen LogP contribution in [0, 0.1) is 0 Å². The van der Waals surface area contributed by atoms with Crippen LogP contribution in [0.2, 0.25) is 0 Å². The molecule has 0 spiro atoms. The lowest BCUT2D eigenvalue weighted by molar-refractivity contribution is 0.0360. The Morgan fingerprint density at radius 1 is 0.818 bits per heavy atom. The smallest absolute Gasteiger partial charge is 0.297 e. The van der Waals surface area contributed by atoms with E-state index in [1.165, 1.54) is 31.4 Å². The van der Waals surface area contributed by atoms with Crippen molar-refractivity contribution >= 4 is 10.1 Å². The van der Waals surface area contributed by atoms with Crippen LogP contribution in [0.5, 0.6) is 0 Å². The van der Waals surface area contributed by atoms with Crippen LogP contribution in [0.3, 0.4) is 0 Å². The van der Waals surface area contributed by atoms with Gasteiger partial charge in [-0.15, -0.1) is 0 Å². The average Bonchev–Trinajstić information content (AvgIpc) is 2.53. The van der Waals surface area contributed by atoms with E-state index in [1.54, 1.807) is 18.2 Å². The first-order valence-electron chi connectivity index (χ1n) is 7.77. The molecule has 1 aromatic carbocycles. The maximum Gasteiger partial charge on any atom is 0.297 e. The summed E-state index contributed by atoms with van der Waals surface area (Å²) in [6.07, 6.45) is 4.73. The van der Waals surface area contributed by atoms with Gasteiger partial charge in [-0.1, -0.05) is 44.4 Å². The first kappa shape index (κ1) is 19.1. The molecule has 0 radical (unpaired) electrons. The molecule has 0 aliphatic rings. The molecule has 0 fully saturated rings. The summed E-state index contributed by atoms with van der Waals surface area (Å²) < 4.78 is 39.2. The fourth-order valence-corrected chi connectivity index (χ4v) is 2.72. The van der Waals surface area contributed by atoms with Gasteiger partial charge in [0.25, 0.3) is 10.1 Å². The molecule has 1 aromatic rings. The van der Waals surface area contributed by atoms with Crippen LogP contribution in [0.4, 0.5) is 0 Å². The first-order valence-corrected chi connectivity index (χ1v) is 9.17. The molecular formula is C16H26O5S. The number of rotatable bonds is 13. The van der Waals surface area contributed by atoms with Crippen molar-refractivity contribution in [3.63, 3.8) is 0 Å². The molecule has 0 N–H and O–H groups in total. The van der Waals surface area contributed by atoms with Crippen molar-refractivity contribution in [1.29, 1.82) is 0 Å². The highest BCUT2D eigenvalue weighted by molar-refractivity contribution is 7.86. The van der Waals surface area contributed by atoms with Gasteiger partial charge < -0.3 is 9.47 Å². The molecule has 0 atom stereocenters. The molecule has 0 aliphatic heterocycles.